The third kappa shape index (κ3) is 6.34. The van der Waals surface area contributed by atoms with Gasteiger partial charge in [-0.2, -0.15) is 0 Å². The summed E-state index contributed by atoms with van der Waals surface area (Å²) in [6.45, 7) is 6.69. The smallest absolute Gasteiger partial charge is 0.328 e. The van der Waals surface area contributed by atoms with E-state index in [9.17, 15) is 29.1 Å². The summed E-state index contributed by atoms with van der Waals surface area (Å²) in [5, 5.41) is 9.27. The van der Waals surface area contributed by atoms with E-state index in [-0.39, 0.29) is 5.56 Å². The zero-order valence-corrected chi connectivity index (χ0v) is 16.5. The predicted molar refractivity (Wildman–Crippen MR) is 98.7 cm³/mol. The van der Waals surface area contributed by atoms with Gasteiger partial charge in [0.1, 0.15) is 24.2 Å². The van der Waals surface area contributed by atoms with Crippen LogP contribution < -0.4 is 17.0 Å². The average molecular weight is 398 g/mol. The van der Waals surface area contributed by atoms with Crippen LogP contribution in [0.15, 0.2) is 15.8 Å². The molecule has 0 aromatic carbocycles. The van der Waals surface area contributed by atoms with Crippen LogP contribution in [0.3, 0.4) is 0 Å². The first-order chi connectivity index (χ1) is 12.7. The van der Waals surface area contributed by atoms with Gasteiger partial charge in [-0.05, 0) is 34.6 Å². The summed E-state index contributed by atoms with van der Waals surface area (Å²) in [7, 11) is 0. The predicted octanol–water partition coefficient (Wildman–Crippen LogP) is -1.18. The number of carboxylic acids is 1. The van der Waals surface area contributed by atoms with Crippen molar-refractivity contribution < 1.29 is 24.2 Å². The molecule has 1 aromatic rings. The highest BCUT2D eigenvalue weighted by Crippen LogP contribution is 2.10. The molecular weight excluding hydrogens is 372 g/mol. The molecular formula is C17H26N4O7. The number of hydrogen-bond donors (Lipinski definition) is 3. The Hall–Kier alpha value is -2.95. The molecule has 0 aliphatic carbocycles. The van der Waals surface area contributed by atoms with E-state index in [1.165, 1.54) is 20.0 Å². The summed E-state index contributed by atoms with van der Waals surface area (Å²) in [6.07, 6.45) is 1.19. The number of aromatic amines is 1. The summed E-state index contributed by atoms with van der Waals surface area (Å²) >= 11 is 0. The normalized spacial score (nSPS) is 13.5. The molecule has 0 radical (unpaired) electrons. The second kappa shape index (κ2) is 8.83. The SMILES string of the molecule is Cc1cn(CC(=O)N(CC(N)C(=O)OC(C)(C)C)[C@@H](C)C(=O)O)c(=O)[nH]c1=O. The van der Waals surface area contributed by atoms with Crippen LogP contribution >= 0.6 is 0 Å². The molecule has 11 heteroatoms. The number of hydrogen-bond acceptors (Lipinski definition) is 7. The summed E-state index contributed by atoms with van der Waals surface area (Å²) < 4.78 is 6.09. The maximum atomic E-state index is 12.7. The van der Waals surface area contributed by atoms with Gasteiger partial charge < -0.3 is 20.5 Å². The van der Waals surface area contributed by atoms with Gasteiger partial charge in [0.05, 0.1) is 0 Å². The molecule has 1 rings (SSSR count). The molecule has 0 saturated carbocycles. The number of rotatable bonds is 7. The number of ether oxygens (including phenoxy) is 1. The van der Waals surface area contributed by atoms with E-state index in [2.05, 4.69) is 4.98 Å². The fourth-order valence-electron chi connectivity index (χ4n) is 2.25. The Morgan fingerprint density at radius 1 is 1.32 bits per heavy atom. The summed E-state index contributed by atoms with van der Waals surface area (Å²) in [6, 6.07) is -2.58. The van der Waals surface area contributed by atoms with Crippen LogP contribution in [0.1, 0.15) is 33.3 Å². The fourth-order valence-corrected chi connectivity index (χ4v) is 2.25. The van der Waals surface area contributed by atoms with Crippen LogP contribution in [0.25, 0.3) is 0 Å². The number of carboxylic acid groups (broad SMARTS) is 1. The van der Waals surface area contributed by atoms with Crippen LogP contribution in [0.2, 0.25) is 0 Å². The molecule has 0 aliphatic rings. The average Bonchev–Trinajstić information content (AvgIpc) is 2.54. The van der Waals surface area contributed by atoms with Crippen LogP contribution in [0.4, 0.5) is 0 Å². The lowest BCUT2D eigenvalue weighted by Gasteiger charge is -2.30. The number of H-pyrrole nitrogens is 1. The van der Waals surface area contributed by atoms with E-state index < -0.39 is 59.9 Å². The van der Waals surface area contributed by atoms with Crippen molar-refractivity contribution in [1.82, 2.24) is 14.5 Å². The van der Waals surface area contributed by atoms with Crippen molar-refractivity contribution in [3.8, 4) is 0 Å². The molecule has 1 aromatic heterocycles. The first-order valence-corrected chi connectivity index (χ1v) is 8.54. The lowest BCUT2D eigenvalue weighted by Crippen LogP contribution is -2.53. The van der Waals surface area contributed by atoms with Gasteiger partial charge in [-0.15, -0.1) is 0 Å². The van der Waals surface area contributed by atoms with Crippen molar-refractivity contribution >= 4 is 17.8 Å². The van der Waals surface area contributed by atoms with E-state index in [1.54, 1.807) is 20.8 Å². The van der Waals surface area contributed by atoms with Crippen LogP contribution in [0, 0.1) is 6.92 Å². The number of nitrogens with one attached hydrogen (secondary N) is 1. The Balaban J connectivity index is 3.07. The van der Waals surface area contributed by atoms with E-state index >= 15 is 0 Å². The number of carbonyl (C=O) groups is 3. The number of carbonyl (C=O) groups excluding carboxylic acids is 2. The zero-order chi connectivity index (χ0) is 21.8. The van der Waals surface area contributed by atoms with Crippen LogP contribution in [0.5, 0.6) is 0 Å². The molecule has 2 atom stereocenters. The van der Waals surface area contributed by atoms with Crippen molar-refractivity contribution in [2.24, 2.45) is 5.73 Å². The van der Waals surface area contributed by atoms with E-state index in [0.717, 1.165) is 9.47 Å². The van der Waals surface area contributed by atoms with Crippen LogP contribution in [-0.2, 0) is 25.7 Å². The largest absolute Gasteiger partial charge is 0.480 e. The van der Waals surface area contributed by atoms with Crippen molar-refractivity contribution in [1.29, 1.82) is 0 Å². The van der Waals surface area contributed by atoms with Gasteiger partial charge in [0, 0.05) is 18.3 Å². The molecule has 11 nitrogen and oxygen atoms in total. The van der Waals surface area contributed by atoms with Gasteiger partial charge in [-0.25, -0.2) is 9.59 Å². The molecule has 1 heterocycles. The quantitative estimate of drug-likeness (QED) is 0.483. The van der Waals surface area contributed by atoms with Crippen molar-refractivity contribution in [3.05, 3.63) is 32.6 Å². The first-order valence-electron chi connectivity index (χ1n) is 8.54. The number of esters is 1. The molecule has 1 unspecified atom stereocenters. The highest BCUT2D eigenvalue weighted by Gasteiger charge is 2.31. The number of aryl methyl sites for hydroxylation is 1. The minimum Gasteiger partial charge on any atom is -0.480 e. The van der Waals surface area contributed by atoms with Gasteiger partial charge in [-0.3, -0.25) is 23.9 Å². The maximum Gasteiger partial charge on any atom is 0.328 e. The highest BCUT2D eigenvalue weighted by molar-refractivity contribution is 5.84. The monoisotopic (exact) mass is 398 g/mol. The Morgan fingerprint density at radius 2 is 1.89 bits per heavy atom. The Bertz CT molecular complexity index is 865. The lowest BCUT2D eigenvalue weighted by atomic mass is 10.1. The minimum atomic E-state index is -1.31. The van der Waals surface area contributed by atoms with E-state index in [0.29, 0.717) is 0 Å². The molecule has 0 aliphatic heterocycles. The Kier molecular flexibility index (Phi) is 7.28. The molecule has 28 heavy (non-hydrogen) atoms. The number of nitrogens with two attached hydrogens (primary N) is 1. The zero-order valence-electron chi connectivity index (χ0n) is 16.5. The molecule has 156 valence electrons. The second-order valence-electron chi connectivity index (χ2n) is 7.40. The van der Waals surface area contributed by atoms with Crippen molar-refractivity contribution in [2.45, 2.75) is 58.8 Å². The Labute approximate surface area is 161 Å². The number of nitrogens with zero attached hydrogens (tertiary/aromatic N) is 2. The molecule has 0 saturated heterocycles. The van der Waals surface area contributed by atoms with Gasteiger partial charge in [0.15, 0.2) is 0 Å². The standard InChI is InChI=1S/C17H26N4O7/c1-9-6-20(16(27)19-13(9)23)8-12(22)21(10(2)14(24)25)7-11(18)15(26)28-17(3,4)5/h6,10-11H,7-8,18H2,1-5H3,(H,24,25)(H,19,23,27)/t10-,11?/m0/s1. The maximum absolute atomic E-state index is 12.7. The van der Waals surface area contributed by atoms with Gasteiger partial charge in [0.2, 0.25) is 5.91 Å². The number of aromatic nitrogens is 2. The molecule has 0 fully saturated rings. The number of aliphatic carboxylic acids is 1. The minimum absolute atomic E-state index is 0.204. The second-order valence-corrected chi connectivity index (χ2v) is 7.40. The topological polar surface area (TPSA) is 165 Å². The van der Waals surface area contributed by atoms with Gasteiger partial charge in [0.25, 0.3) is 5.56 Å². The van der Waals surface area contributed by atoms with Gasteiger partial charge >= 0.3 is 17.6 Å². The van der Waals surface area contributed by atoms with Crippen molar-refractivity contribution in [3.63, 3.8) is 0 Å². The molecule has 4 N–H and O–H groups in total. The highest BCUT2D eigenvalue weighted by atomic mass is 16.6. The van der Waals surface area contributed by atoms with Gasteiger partial charge in [-0.1, -0.05) is 0 Å². The summed E-state index contributed by atoms with van der Waals surface area (Å²) in [5.41, 5.74) is 3.79. The summed E-state index contributed by atoms with van der Waals surface area (Å²) in [5.74, 6) is -2.86. The third-order valence-electron chi connectivity index (χ3n) is 3.74. The Morgan fingerprint density at radius 3 is 2.39 bits per heavy atom. The molecule has 0 bridgehead atoms. The van der Waals surface area contributed by atoms with Crippen LogP contribution in [-0.4, -0.2) is 61.6 Å². The van der Waals surface area contributed by atoms with E-state index in [1.807, 2.05) is 0 Å². The third-order valence-corrected chi connectivity index (χ3v) is 3.74. The molecule has 0 spiro atoms. The molecule has 1 amide bonds. The summed E-state index contributed by atoms with van der Waals surface area (Å²) in [4.78, 5) is 62.3. The number of amides is 1. The fraction of sp³-hybridized carbons (Fsp3) is 0.588. The van der Waals surface area contributed by atoms with Crippen molar-refractivity contribution in [2.75, 3.05) is 6.54 Å². The first kappa shape index (κ1) is 23.1. The van der Waals surface area contributed by atoms with E-state index in [4.69, 9.17) is 10.5 Å². The lowest BCUT2D eigenvalue weighted by molar-refractivity contribution is -0.159.